The topological polar surface area (TPSA) is 89.9 Å². The summed E-state index contributed by atoms with van der Waals surface area (Å²) in [5.41, 5.74) is -0.405. The SMILES string of the molecule is CCOC(=O)c1c(C(=O)c2ccccc2)ccc(O)c1C(=O)OC. The van der Waals surface area contributed by atoms with Gasteiger partial charge in [-0.3, -0.25) is 4.79 Å². The van der Waals surface area contributed by atoms with Crippen molar-refractivity contribution in [3.63, 3.8) is 0 Å². The highest BCUT2D eigenvalue weighted by atomic mass is 16.5. The highest BCUT2D eigenvalue weighted by Gasteiger charge is 2.29. The Morgan fingerprint density at radius 1 is 0.958 bits per heavy atom. The molecule has 0 aliphatic heterocycles. The first-order chi connectivity index (χ1) is 11.5. The van der Waals surface area contributed by atoms with Crippen LogP contribution in [0.4, 0.5) is 0 Å². The fourth-order valence-electron chi connectivity index (χ4n) is 2.25. The number of phenols is 1. The van der Waals surface area contributed by atoms with E-state index in [0.29, 0.717) is 5.56 Å². The number of benzene rings is 2. The van der Waals surface area contributed by atoms with Crippen LogP contribution in [0.3, 0.4) is 0 Å². The van der Waals surface area contributed by atoms with E-state index in [1.807, 2.05) is 0 Å². The molecule has 0 aromatic heterocycles. The number of aromatic hydroxyl groups is 1. The summed E-state index contributed by atoms with van der Waals surface area (Å²) in [4.78, 5) is 37.0. The van der Waals surface area contributed by atoms with Crippen LogP contribution in [0.2, 0.25) is 0 Å². The second kappa shape index (κ2) is 7.41. The second-order valence-corrected chi connectivity index (χ2v) is 4.79. The van der Waals surface area contributed by atoms with Crippen LogP contribution in [-0.2, 0) is 9.47 Å². The average Bonchev–Trinajstić information content (AvgIpc) is 2.61. The first kappa shape index (κ1) is 17.2. The monoisotopic (exact) mass is 328 g/mol. The van der Waals surface area contributed by atoms with Crippen molar-refractivity contribution < 1.29 is 29.0 Å². The van der Waals surface area contributed by atoms with E-state index in [9.17, 15) is 19.5 Å². The predicted molar refractivity (Wildman–Crippen MR) is 85.3 cm³/mol. The van der Waals surface area contributed by atoms with Crippen LogP contribution in [0.25, 0.3) is 0 Å². The number of hydrogen-bond donors (Lipinski definition) is 1. The van der Waals surface area contributed by atoms with Gasteiger partial charge >= 0.3 is 11.9 Å². The van der Waals surface area contributed by atoms with Gasteiger partial charge in [0.25, 0.3) is 0 Å². The van der Waals surface area contributed by atoms with E-state index in [-0.39, 0.29) is 17.7 Å². The van der Waals surface area contributed by atoms with Crippen molar-refractivity contribution in [3.8, 4) is 5.75 Å². The molecule has 0 saturated heterocycles. The molecule has 124 valence electrons. The maximum Gasteiger partial charge on any atom is 0.342 e. The van der Waals surface area contributed by atoms with E-state index in [4.69, 9.17) is 4.74 Å². The lowest BCUT2D eigenvalue weighted by atomic mass is 9.94. The van der Waals surface area contributed by atoms with Gasteiger partial charge < -0.3 is 14.6 Å². The van der Waals surface area contributed by atoms with Crippen LogP contribution >= 0.6 is 0 Å². The minimum absolute atomic E-state index is 0.0437. The molecular formula is C18H16O6. The molecule has 2 aromatic rings. The van der Waals surface area contributed by atoms with Gasteiger partial charge in [0.1, 0.15) is 11.3 Å². The van der Waals surface area contributed by atoms with E-state index in [1.165, 1.54) is 12.1 Å². The first-order valence-corrected chi connectivity index (χ1v) is 7.22. The summed E-state index contributed by atoms with van der Waals surface area (Å²) in [6.45, 7) is 1.64. The number of carbonyl (C=O) groups is 3. The first-order valence-electron chi connectivity index (χ1n) is 7.22. The molecule has 0 spiro atoms. The van der Waals surface area contributed by atoms with Gasteiger partial charge in [0.15, 0.2) is 5.78 Å². The molecule has 0 radical (unpaired) electrons. The second-order valence-electron chi connectivity index (χ2n) is 4.79. The van der Waals surface area contributed by atoms with Crippen LogP contribution in [0.1, 0.15) is 43.6 Å². The van der Waals surface area contributed by atoms with Crippen LogP contribution in [-0.4, -0.2) is 36.5 Å². The van der Waals surface area contributed by atoms with Crippen LogP contribution in [0, 0.1) is 0 Å². The molecule has 2 aromatic carbocycles. The number of phenolic OH excluding ortho intramolecular Hbond substituents is 1. The van der Waals surface area contributed by atoms with Gasteiger partial charge in [-0.2, -0.15) is 0 Å². The smallest absolute Gasteiger partial charge is 0.342 e. The largest absolute Gasteiger partial charge is 0.507 e. The third-order valence-corrected chi connectivity index (χ3v) is 3.33. The quantitative estimate of drug-likeness (QED) is 0.670. The molecule has 0 unspecified atom stereocenters. The Morgan fingerprint density at radius 3 is 2.21 bits per heavy atom. The number of rotatable bonds is 5. The Balaban J connectivity index is 2.69. The molecule has 6 nitrogen and oxygen atoms in total. The van der Waals surface area contributed by atoms with E-state index in [2.05, 4.69) is 4.74 Å². The zero-order chi connectivity index (χ0) is 17.7. The molecule has 0 fully saturated rings. The van der Waals surface area contributed by atoms with Gasteiger partial charge in [-0.05, 0) is 19.1 Å². The van der Waals surface area contributed by atoms with Crippen molar-refractivity contribution in [1.29, 1.82) is 0 Å². The number of carbonyl (C=O) groups excluding carboxylic acids is 3. The standard InChI is InChI=1S/C18H16O6/c1-3-24-18(22)14-12(16(20)11-7-5-4-6-8-11)9-10-13(19)15(14)17(21)23-2/h4-10,19H,3H2,1-2H3. The Labute approximate surface area is 138 Å². The summed E-state index contributed by atoms with van der Waals surface area (Å²) in [5, 5.41) is 9.97. The molecule has 0 heterocycles. The van der Waals surface area contributed by atoms with E-state index in [1.54, 1.807) is 37.3 Å². The van der Waals surface area contributed by atoms with Crippen LogP contribution < -0.4 is 0 Å². The summed E-state index contributed by atoms with van der Waals surface area (Å²) in [7, 11) is 1.11. The Hall–Kier alpha value is -3.15. The maximum absolute atomic E-state index is 12.7. The lowest BCUT2D eigenvalue weighted by molar-refractivity contribution is 0.0500. The van der Waals surface area contributed by atoms with Gasteiger partial charge in [0.05, 0.1) is 19.3 Å². The fourth-order valence-corrected chi connectivity index (χ4v) is 2.25. The minimum Gasteiger partial charge on any atom is -0.507 e. The van der Waals surface area contributed by atoms with E-state index >= 15 is 0 Å². The molecule has 0 saturated carbocycles. The third-order valence-electron chi connectivity index (χ3n) is 3.33. The van der Waals surface area contributed by atoms with Crippen LogP contribution in [0.5, 0.6) is 5.75 Å². The fraction of sp³-hybridized carbons (Fsp3) is 0.167. The molecule has 0 amide bonds. The molecular weight excluding hydrogens is 312 g/mol. The molecule has 0 aliphatic rings. The minimum atomic E-state index is -0.932. The summed E-state index contributed by atoms with van der Waals surface area (Å²) in [5.74, 6) is -2.75. The van der Waals surface area contributed by atoms with Gasteiger partial charge in [-0.15, -0.1) is 0 Å². The van der Waals surface area contributed by atoms with Gasteiger partial charge in [-0.1, -0.05) is 30.3 Å². The number of esters is 2. The molecule has 1 N–H and O–H groups in total. The Bertz CT molecular complexity index is 780. The normalized spacial score (nSPS) is 10.1. The highest BCUT2D eigenvalue weighted by molar-refractivity contribution is 6.18. The van der Waals surface area contributed by atoms with Crippen molar-refractivity contribution in [3.05, 3.63) is 64.7 Å². The number of ketones is 1. The zero-order valence-electron chi connectivity index (χ0n) is 13.2. The highest BCUT2D eigenvalue weighted by Crippen LogP contribution is 2.28. The summed E-state index contributed by atoms with van der Waals surface area (Å²) >= 11 is 0. The van der Waals surface area contributed by atoms with Gasteiger partial charge in [0.2, 0.25) is 0 Å². The summed E-state index contributed by atoms with van der Waals surface area (Å²) in [6.07, 6.45) is 0. The van der Waals surface area contributed by atoms with Crippen molar-refractivity contribution in [2.24, 2.45) is 0 Å². The third kappa shape index (κ3) is 3.27. The average molecular weight is 328 g/mol. The van der Waals surface area contributed by atoms with Gasteiger partial charge in [0, 0.05) is 11.1 Å². The zero-order valence-corrected chi connectivity index (χ0v) is 13.2. The Morgan fingerprint density at radius 2 is 1.62 bits per heavy atom. The number of methoxy groups -OCH3 is 1. The summed E-state index contributed by atoms with van der Waals surface area (Å²) in [6, 6.07) is 10.7. The molecule has 0 atom stereocenters. The molecule has 2 rings (SSSR count). The summed E-state index contributed by atoms with van der Waals surface area (Å²) < 4.78 is 9.54. The van der Waals surface area contributed by atoms with E-state index in [0.717, 1.165) is 7.11 Å². The van der Waals surface area contributed by atoms with Crippen molar-refractivity contribution in [2.45, 2.75) is 6.92 Å². The van der Waals surface area contributed by atoms with Gasteiger partial charge in [-0.25, -0.2) is 9.59 Å². The maximum atomic E-state index is 12.7. The molecule has 24 heavy (non-hydrogen) atoms. The van der Waals surface area contributed by atoms with Crippen molar-refractivity contribution >= 4 is 17.7 Å². The van der Waals surface area contributed by atoms with Crippen molar-refractivity contribution in [1.82, 2.24) is 0 Å². The number of hydrogen-bond acceptors (Lipinski definition) is 6. The van der Waals surface area contributed by atoms with Crippen LogP contribution in [0.15, 0.2) is 42.5 Å². The lowest BCUT2D eigenvalue weighted by Gasteiger charge is -2.13. The van der Waals surface area contributed by atoms with E-state index < -0.39 is 29.0 Å². The lowest BCUT2D eigenvalue weighted by Crippen LogP contribution is -2.18. The Kier molecular flexibility index (Phi) is 5.31. The molecule has 6 heteroatoms. The predicted octanol–water partition coefficient (Wildman–Crippen LogP) is 2.59. The van der Waals surface area contributed by atoms with Crippen molar-refractivity contribution in [2.75, 3.05) is 13.7 Å². The molecule has 0 aliphatic carbocycles. The number of ether oxygens (including phenoxy) is 2. The molecule has 0 bridgehead atoms.